The average molecular weight is 383 g/mol. The number of nitrogens with zero attached hydrogens (tertiary/aromatic N) is 2. The molecule has 2 heterocycles. The first-order chi connectivity index (χ1) is 13.4. The molecule has 8 heteroatoms. The van der Waals surface area contributed by atoms with Crippen molar-refractivity contribution in [1.29, 1.82) is 0 Å². The normalized spacial score (nSPS) is 11.5. The Labute approximate surface area is 156 Å². The Morgan fingerprint density at radius 2 is 1.68 bits per heavy atom. The van der Waals surface area contributed by atoms with Gasteiger partial charge in [0.25, 0.3) is 0 Å². The molecule has 0 aliphatic carbocycles. The second-order valence-corrected chi connectivity index (χ2v) is 5.94. The first-order valence-electron chi connectivity index (χ1n) is 8.20. The Bertz CT molecular complexity index is 1200. The summed E-state index contributed by atoms with van der Waals surface area (Å²) in [5, 5.41) is 0.528. The highest BCUT2D eigenvalue weighted by Gasteiger charge is 2.30. The summed E-state index contributed by atoms with van der Waals surface area (Å²) in [6.07, 6.45) is 0.0295. The van der Waals surface area contributed by atoms with Crippen LogP contribution in [0.4, 0.5) is 13.2 Å². The molecule has 0 saturated carbocycles. The molecule has 2 aromatic carbocycles. The number of aromatic nitrogens is 3. The molecule has 5 nitrogen and oxygen atoms in total. The zero-order chi connectivity index (χ0) is 19.7. The lowest BCUT2D eigenvalue weighted by Crippen LogP contribution is -2.04. The molecule has 1 N–H and O–H groups in total. The number of hydrogen-bond acceptors (Lipinski definition) is 4. The highest BCUT2D eigenvalue weighted by molar-refractivity contribution is 5.84. The maximum atomic E-state index is 12.7. The maximum absolute atomic E-state index is 12.7. The molecule has 0 aliphatic rings. The van der Waals surface area contributed by atoms with Gasteiger partial charge in [-0.2, -0.15) is 13.2 Å². The van der Waals surface area contributed by atoms with Crippen LogP contribution in [-0.4, -0.2) is 15.0 Å². The Balaban J connectivity index is 1.70. The molecule has 4 aromatic rings. The van der Waals surface area contributed by atoms with Gasteiger partial charge in [0.1, 0.15) is 11.4 Å². The summed E-state index contributed by atoms with van der Waals surface area (Å²) in [5.74, 6) is 0.337. The van der Waals surface area contributed by atoms with E-state index >= 15 is 0 Å². The molecular formula is C20H12F3N3O2. The number of aromatic amines is 1. The summed E-state index contributed by atoms with van der Waals surface area (Å²) in [7, 11) is 0. The molecule has 140 valence electrons. The molecule has 2 aromatic heterocycles. The maximum Gasteiger partial charge on any atom is 0.416 e. The number of nitrogens with one attached hydrogen (secondary N) is 1. The van der Waals surface area contributed by atoms with Crippen molar-refractivity contribution in [3.05, 3.63) is 82.9 Å². The number of ether oxygens (including phenoxy) is 1. The van der Waals surface area contributed by atoms with Gasteiger partial charge in [-0.1, -0.05) is 6.07 Å². The van der Waals surface area contributed by atoms with E-state index in [0.29, 0.717) is 22.2 Å². The molecule has 0 amide bonds. The van der Waals surface area contributed by atoms with Crippen LogP contribution in [0.15, 0.2) is 71.9 Å². The third-order valence-corrected chi connectivity index (χ3v) is 4.09. The SMILES string of the molecule is O=c1cc[nH]c2cc(-c3nccnc3Oc3ccc(C(F)(F)F)cc3)ccc12. The van der Waals surface area contributed by atoms with E-state index in [1.807, 2.05) is 0 Å². The van der Waals surface area contributed by atoms with Crippen molar-refractivity contribution >= 4 is 10.9 Å². The third-order valence-electron chi connectivity index (χ3n) is 4.09. The zero-order valence-corrected chi connectivity index (χ0v) is 14.2. The molecular weight excluding hydrogens is 371 g/mol. The second-order valence-electron chi connectivity index (χ2n) is 5.94. The summed E-state index contributed by atoms with van der Waals surface area (Å²) in [6.45, 7) is 0. The number of rotatable bonds is 3. The van der Waals surface area contributed by atoms with Crippen LogP contribution in [0.25, 0.3) is 22.2 Å². The fourth-order valence-corrected chi connectivity index (χ4v) is 2.74. The van der Waals surface area contributed by atoms with Crippen molar-refractivity contribution in [3.8, 4) is 22.9 Å². The number of benzene rings is 2. The first-order valence-corrected chi connectivity index (χ1v) is 8.20. The van der Waals surface area contributed by atoms with Gasteiger partial charge < -0.3 is 9.72 Å². The fourth-order valence-electron chi connectivity index (χ4n) is 2.74. The summed E-state index contributed by atoms with van der Waals surface area (Å²) < 4.78 is 43.8. The molecule has 0 bridgehead atoms. The van der Waals surface area contributed by atoms with Gasteiger partial charge in [0.05, 0.1) is 5.56 Å². The lowest BCUT2D eigenvalue weighted by Gasteiger charge is -2.11. The summed E-state index contributed by atoms with van der Waals surface area (Å²) in [6, 6.07) is 10.9. The summed E-state index contributed by atoms with van der Waals surface area (Å²) in [4.78, 5) is 23.3. The van der Waals surface area contributed by atoms with Gasteiger partial charge in [-0.05, 0) is 36.4 Å². The fraction of sp³-hybridized carbons (Fsp3) is 0.0500. The highest BCUT2D eigenvalue weighted by atomic mass is 19.4. The second kappa shape index (κ2) is 6.80. The van der Waals surface area contributed by atoms with E-state index in [2.05, 4.69) is 15.0 Å². The van der Waals surface area contributed by atoms with E-state index < -0.39 is 11.7 Å². The van der Waals surface area contributed by atoms with Crippen LogP contribution in [0, 0.1) is 0 Å². The van der Waals surface area contributed by atoms with Crippen molar-refractivity contribution in [2.45, 2.75) is 6.18 Å². The molecule has 28 heavy (non-hydrogen) atoms. The predicted molar refractivity (Wildman–Crippen MR) is 97.1 cm³/mol. The Morgan fingerprint density at radius 3 is 2.43 bits per heavy atom. The van der Waals surface area contributed by atoms with E-state index in [1.54, 1.807) is 24.4 Å². The quantitative estimate of drug-likeness (QED) is 0.552. The number of hydrogen-bond donors (Lipinski definition) is 1. The van der Waals surface area contributed by atoms with E-state index in [4.69, 9.17) is 4.74 Å². The van der Waals surface area contributed by atoms with Crippen molar-refractivity contribution in [2.24, 2.45) is 0 Å². The van der Waals surface area contributed by atoms with Gasteiger partial charge in [-0.3, -0.25) is 4.79 Å². The number of fused-ring (bicyclic) bond motifs is 1. The highest BCUT2D eigenvalue weighted by Crippen LogP contribution is 2.33. The minimum atomic E-state index is -4.42. The predicted octanol–water partition coefficient (Wildman–Crippen LogP) is 4.80. The third kappa shape index (κ3) is 3.44. The van der Waals surface area contributed by atoms with E-state index in [0.717, 1.165) is 12.1 Å². The number of halogens is 3. The summed E-state index contributed by atoms with van der Waals surface area (Å²) >= 11 is 0. The van der Waals surface area contributed by atoms with Crippen molar-refractivity contribution in [2.75, 3.05) is 0 Å². The lowest BCUT2D eigenvalue weighted by molar-refractivity contribution is -0.137. The van der Waals surface area contributed by atoms with Gasteiger partial charge in [-0.25, -0.2) is 9.97 Å². The standard InChI is InChI=1S/C20H12F3N3O2/c21-20(22,23)13-2-4-14(5-3-13)28-19-18(25-9-10-26-19)12-1-6-15-16(11-12)24-8-7-17(15)27/h1-11H,(H,24,27). The van der Waals surface area contributed by atoms with Gasteiger partial charge in [0.2, 0.25) is 5.88 Å². The number of pyridine rings is 1. The summed E-state index contributed by atoms with van der Waals surface area (Å²) in [5.41, 5.74) is 0.785. The molecule has 0 unspecified atom stereocenters. The van der Waals surface area contributed by atoms with Crippen LogP contribution >= 0.6 is 0 Å². The minimum Gasteiger partial charge on any atom is -0.437 e. The van der Waals surface area contributed by atoms with Gasteiger partial charge in [-0.15, -0.1) is 0 Å². The molecule has 4 rings (SSSR count). The molecule has 0 atom stereocenters. The van der Waals surface area contributed by atoms with E-state index in [1.165, 1.54) is 30.6 Å². The zero-order valence-electron chi connectivity index (χ0n) is 14.2. The van der Waals surface area contributed by atoms with Crippen LogP contribution in [0.2, 0.25) is 0 Å². The lowest BCUT2D eigenvalue weighted by atomic mass is 10.1. The number of H-pyrrole nitrogens is 1. The van der Waals surface area contributed by atoms with Crippen LogP contribution in [-0.2, 0) is 6.18 Å². The molecule has 0 saturated heterocycles. The molecule has 0 aliphatic heterocycles. The number of alkyl halides is 3. The van der Waals surface area contributed by atoms with E-state index in [-0.39, 0.29) is 17.1 Å². The van der Waals surface area contributed by atoms with Gasteiger partial charge in [0.15, 0.2) is 5.43 Å². The van der Waals surface area contributed by atoms with Crippen molar-refractivity contribution in [3.63, 3.8) is 0 Å². The van der Waals surface area contributed by atoms with Crippen LogP contribution in [0.1, 0.15) is 5.56 Å². The van der Waals surface area contributed by atoms with Crippen LogP contribution < -0.4 is 10.2 Å². The monoisotopic (exact) mass is 383 g/mol. The van der Waals surface area contributed by atoms with Crippen molar-refractivity contribution in [1.82, 2.24) is 15.0 Å². The van der Waals surface area contributed by atoms with Gasteiger partial charge in [0, 0.05) is 41.1 Å². The largest absolute Gasteiger partial charge is 0.437 e. The van der Waals surface area contributed by atoms with Crippen LogP contribution in [0.3, 0.4) is 0 Å². The molecule has 0 fully saturated rings. The average Bonchev–Trinajstić information content (AvgIpc) is 2.68. The van der Waals surface area contributed by atoms with Crippen LogP contribution in [0.5, 0.6) is 11.6 Å². The Kier molecular flexibility index (Phi) is 4.31. The van der Waals surface area contributed by atoms with Crippen molar-refractivity contribution < 1.29 is 17.9 Å². The molecule has 0 spiro atoms. The van der Waals surface area contributed by atoms with E-state index in [9.17, 15) is 18.0 Å². The minimum absolute atomic E-state index is 0.110. The first kappa shape index (κ1) is 17.7. The Morgan fingerprint density at radius 1 is 0.929 bits per heavy atom. The smallest absolute Gasteiger partial charge is 0.416 e. The Hall–Kier alpha value is -3.68. The van der Waals surface area contributed by atoms with Gasteiger partial charge >= 0.3 is 6.18 Å². The topological polar surface area (TPSA) is 67.9 Å². The molecule has 0 radical (unpaired) electrons.